The highest BCUT2D eigenvalue weighted by Crippen LogP contribution is 2.34. The molecule has 0 bridgehead atoms. The first-order valence-electron chi connectivity index (χ1n) is 9.76. The van der Waals surface area contributed by atoms with Gasteiger partial charge in [0, 0.05) is 36.8 Å². The minimum Gasteiger partial charge on any atom is -0.383 e. The smallest absolute Gasteiger partial charge is 0.261 e. The first kappa shape index (κ1) is 19.1. The third kappa shape index (κ3) is 4.11. The fourth-order valence-electron chi connectivity index (χ4n) is 3.98. The number of H-pyrrole nitrogens is 1. The number of likely N-dealkylation sites (tertiary alicyclic amines) is 1. The third-order valence-electron chi connectivity index (χ3n) is 5.34. The molecule has 6 nitrogen and oxygen atoms in total. The molecule has 1 aromatic carbocycles. The Morgan fingerprint density at radius 3 is 3.14 bits per heavy atom. The first-order valence-corrected chi connectivity index (χ1v) is 10.6. The average Bonchev–Trinajstić information content (AvgIpc) is 3.44. The van der Waals surface area contributed by atoms with Crippen LogP contribution in [0.15, 0.2) is 36.7 Å². The minimum absolute atomic E-state index is 0.00355. The van der Waals surface area contributed by atoms with Gasteiger partial charge in [0.15, 0.2) is 0 Å². The Balaban J connectivity index is 1.58. The Hall–Kier alpha value is -2.22. The predicted octanol–water partition coefficient (Wildman–Crippen LogP) is 3.21. The van der Waals surface area contributed by atoms with Crippen LogP contribution in [-0.4, -0.2) is 53.6 Å². The average molecular weight is 399 g/mol. The number of rotatable bonds is 8. The zero-order valence-corrected chi connectivity index (χ0v) is 16.9. The quantitative estimate of drug-likeness (QED) is 0.572. The van der Waals surface area contributed by atoms with E-state index < -0.39 is 0 Å². The summed E-state index contributed by atoms with van der Waals surface area (Å²) in [7, 11) is 1.64. The normalized spacial score (nSPS) is 17.4. The van der Waals surface area contributed by atoms with E-state index in [1.54, 1.807) is 24.6 Å². The zero-order valence-electron chi connectivity index (χ0n) is 16.1. The molecule has 7 heteroatoms. The fraction of sp³-hybridized carbons (Fsp3) is 0.429. The lowest BCUT2D eigenvalue weighted by Crippen LogP contribution is -2.32. The molecule has 1 amide bonds. The molecular weight excluding hydrogens is 372 g/mol. The Bertz CT molecular complexity index is 922. The van der Waals surface area contributed by atoms with Crippen molar-refractivity contribution in [1.82, 2.24) is 20.2 Å². The van der Waals surface area contributed by atoms with Crippen LogP contribution in [0.2, 0.25) is 0 Å². The molecule has 148 valence electrons. The number of nitrogens with zero attached hydrogens (tertiary/aromatic N) is 2. The predicted molar refractivity (Wildman–Crippen MR) is 112 cm³/mol. The van der Waals surface area contributed by atoms with Crippen molar-refractivity contribution in [3.8, 4) is 0 Å². The molecule has 0 unspecified atom stereocenters. The summed E-state index contributed by atoms with van der Waals surface area (Å²) in [5.74, 6) is 1.00. The summed E-state index contributed by atoms with van der Waals surface area (Å²) in [4.78, 5) is 23.7. The minimum atomic E-state index is 0.00355. The maximum Gasteiger partial charge on any atom is 0.261 e. The maximum atomic E-state index is 12.8. The van der Waals surface area contributed by atoms with Gasteiger partial charge in [-0.25, -0.2) is 4.98 Å². The number of hydrogen-bond acceptors (Lipinski definition) is 5. The number of fused-ring (bicyclic) bond motifs is 1. The van der Waals surface area contributed by atoms with Crippen LogP contribution in [0, 0.1) is 0 Å². The van der Waals surface area contributed by atoms with Crippen LogP contribution in [0.4, 0.5) is 0 Å². The number of ether oxygens (including phenoxy) is 1. The highest BCUT2D eigenvalue weighted by Gasteiger charge is 2.28. The van der Waals surface area contributed by atoms with Crippen LogP contribution in [0.5, 0.6) is 0 Å². The van der Waals surface area contributed by atoms with E-state index in [1.165, 1.54) is 22.1 Å². The van der Waals surface area contributed by atoms with Gasteiger partial charge in [-0.1, -0.05) is 18.2 Å². The number of imidazole rings is 1. The SMILES string of the molecule is COCCNC(=O)c1sc2ccccc2c1C[C@@H]1CCCN1Cc1ncc[nH]1. The summed E-state index contributed by atoms with van der Waals surface area (Å²) in [6.07, 6.45) is 6.89. The molecule has 1 aliphatic heterocycles. The van der Waals surface area contributed by atoms with E-state index in [1.807, 2.05) is 12.3 Å². The molecule has 1 aliphatic rings. The molecule has 0 aliphatic carbocycles. The van der Waals surface area contributed by atoms with Gasteiger partial charge in [0.25, 0.3) is 5.91 Å². The lowest BCUT2D eigenvalue weighted by atomic mass is 10.0. The van der Waals surface area contributed by atoms with Gasteiger partial charge in [-0.3, -0.25) is 9.69 Å². The summed E-state index contributed by atoms with van der Waals surface area (Å²) >= 11 is 1.59. The maximum absolute atomic E-state index is 12.8. The van der Waals surface area contributed by atoms with Crippen LogP contribution in [0.25, 0.3) is 10.1 Å². The Kier molecular flexibility index (Phi) is 6.04. The Morgan fingerprint density at radius 1 is 1.43 bits per heavy atom. The summed E-state index contributed by atoms with van der Waals surface area (Å²) < 4.78 is 6.23. The zero-order chi connectivity index (χ0) is 19.3. The topological polar surface area (TPSA) is 70.2 Å². The molecule has 0 saturated carbocycles. The second kappa shape index (κ2) is 8.86. The van der Waals surface area contributed by atoms with Crippen molar-refractivity contribution in [2.45, 2.75) is 31.8 Å². The largest absolute Gasteiger partial charge is 0.383 e. The summed E-state index contributed by atoms with van der Waals surface area (Å²) in [5, 5.41) is 4.19. The summed E-state index contributed by atoms with van der Waals surface area (Å²) in [6.45, 7) is 2.94. The second-order valence-corrected chi connectivity index (χ2v) is 8.21. The molecule has 4 rings (SSSR count). The van der Waals surface area contributed by atoms with Crippen molar-refractivity contribution in [3.63, 3.8) is 0 Å². The number of benzene rings is 1. The van der Waals surface area contributed by atoms with Gasteiger partial charge in [-0.2, -0.15) is 0 Å². The number of amides is 1. The number of aromatic nitrogens is 2. The van der Waals surface area contributed by atoms with E-state index in [9.17, 15) is 4.79 Å². The molecule has 1 saturated heterocycles. The number of carbonyl (C=O) groups excluding carboxylic acids is 1. The standard InChI is InChI=1S/C21H26N4O2S/c1-27-12-10-24-21(26)20-17(16-6-2-3-7-18(16)28-20)13-15-5-4-11-25(15)14-19-22-8-9-23-19/h2-3,6-9,15H,4-5,10-14H2,1H3,(H,22,23)(H,24,26)/t15-/m0/s1. The molecule has 1 fully saturated rings. The number of hydrogen-bond donors (Lipinski definition) is 2. The van der Waals surface area contributed by atoms with Gasteiger partial charge in [-0.05, 0) is 42.8 Å². The van der Waals surface area contributed by atoms with Gasteiger partial charge in [0.2, 0.25) is 0 Å². The van der Waals surface area contributed by atoms with Gasteiger partial charge in [0.1, 0.15) is 5.82 Å². The first-order chi connectivity index (χ1) is 13.8. The fourth-order valence-corrected chi connectivity index (χ4v) is 5.13. The molecule has 28 heavy (non-hydrogen) atoms. The molecule has 3 heterocycles. The number of methoxy groups -OCH3 is 1. The highest BCUT2D eigenvalue weighted by atomic mass is 32.1. The van der Waals surface area contributed by atoms with E-state index in [0.717, 1.165) is 36.6 Å². The molecular formula is C21H26N4O2S. The monoisotopic (exact) mass is 398 g/mol. The van der Waals surface area contributed by atoms with E-state index in [2.05, 4.69) is 38.4 Å². The van der Waals surface area contributed by atoms with E-state index in [0.29, 0.717) is 19.2 Å². The molecule has 0 spiro atoms. The molecule has 0 radical (unpaired) electrons. The van der Waals surface area contributed by atoms with Crippen molar-refractivity contribution < 1.29 is 9.53 Å². The van der Waals surface area contributed by atoms with Gasteiger partial charge in [-0.15, -0.1) is 11.3 Å². The van der Waals surface area contributed by atoms with Gasteiger partial charge < -0.3 is 15.0 Å². The van der Waals surface area contributed by atoms with E-state index >= 15 is 0 Å². The lowest BCUT2D eigenvalue weighted by Gasteiger charge is -2.24. The Labute approximate surface area is 168 Å². The van der Waals surface area contributed by atoms with Crippen molar-refractivity contribution in [2.24, 2.45) is 0 Å². The van der Waals surface area contributed by atoms with Crippen LogP contribution < -0.4 is 5.32 Å². The molecule has 3 aromatic rings. The highest BCUT2D eigenvalue weighted by molar-refractivity contribution is 7.21. The van der Waals surface area contributed by atoms with E-state index in [-0.39, 0.29) is 5.91 Å². The number of aromatic amines is 1. The van der Waals surface area contributed by atoms with Crippen LogP contribution in [-0.2, 0) is 17.7 Å². The second-order valence-electron chi connectivity index (χ2n) is 7.16. The van der Waals surface area contributed by atoms with Crippen molar-refractivity contribution >= 4 is 27.3 Å². The third-order valence-corrected chi connectivity index (χ3v) is 6.55. The summed E-state index contributed by atoms with van der Waals surface area (Å²) in [5.41, 5.74) is 1.17. The van der Waals surface area contributed by atoms with Crippen molar-refractivity contribution in [3.05, 3.63) is 52.9 Å². The molecule has 2 aromatic heterocycles. The lowest BCUT2D eigenvalue weighted by molar-refractivity contribution is 0.0940. The van der Waals surface area contributed by atoms with Crippen LogP contribution in [0.3, 0.4) is 0 Å². The van der Waals surface area contributed by atoms with Crippen LogP contribution >= 0.6 is 11.3 Å². The summed E-state index contributed by atoms with van der Waals surface area (Å²) in [6, 6.07) is 8.76. The van der Waals surface area contributed by atoms with Crippen LogP contribution in [0.1, 0.15) is 33.9 Å². The Morgan fingerprint density at radius 2 is 2.32 bits per heavy atom. The van der Waals surface area contributed by atoms with Crippen molar-refractivity contribution in [2.75, 3.05) is 26.8 Å². The number of nitrogens with one attached hydrogen (secondary N) is 2. The van der Waals surface area contributed by atoms with Gasteiger partial charge >= 0.3 is 0 Å². The number of carbonyl (C=O) groups is 1. The van der Waals surface area contributed by atoms with Gasteiger partial charge in [0.05, 0.1) is 18.0 Å². The number of thiophene rings is 1. The van der Waals surface area contributed by atoms with E-state index in [4.69, 9.17) is 4.74 Å². The van der Waals surface area contributed by atoms with Crippen molar-refractivity contribution in [1.29, 1.82) is 0 Å². The molecule has 1 atom stereocenters. The molecule has 2 N–H and O–H groups in total.